The molecular formula is C19H20ClNO5. The summed E-state index contributed by atoms with van der Waals surface area (Å²) in [7, 11) is 3.05. The monoisotopic (exact) mass is 377 g/mol. The molecule has 0 spiro atoms. The minimum Gasteiger partial charge on any atom is -0.497 e. The van der Waals surface area contributed by atoms with E-state index in [-0.39, 0.29) is 6.42 Å². The predicted octanol–water partition coefficient (Wildman–Crippen LogP) is 3.47. The molecule has 0 aliphatic rings. The second-order valence-electron chi connectivity index (χ2n) is 5.46. The van der Waals surface area contributed by atoms with Crippen LogP contribution in [0.1, 0.15) is 12.5 Å². The molecule has 7 heteroatoms. The van der Waals surface area contributed by atoms with Crippen LogP contribution in [-0.2, 0) is 20.7 Å². The zero-order valence-corrected chi connectivity index (χ0v) is 15.5. The van der Waals surface area contributed by atoms with Gasteiger partial charge in [0.1, 0.15) is 11.5 Å². The molecule has 1 amide bonds. The third-order valence-electron chi connectivity index (χ3n) is 3.64. The van der Waals surface area contributed by atoms with E-state index in [1.165, 1.54) is 14.0 Å². The number of carbonyl (C=O) groups excluding carboxylic acids is 2. The Kier molecular flexibility index (Phi) is 6.86. The van der Waals surface area contributed by atoms with Gasteiger partial charge in [0.05, 0.1) is 31.4 Å². The van der Waals surface area contributed by atoms with Gasteiger partial charge in [0.25, 0.3) is 5.91 Å². The fourth-order valence-corrected chi connectivity index (χ4v) is 2.43. The van der Waals surface area contributed by atoms with Gasteiger partial charge in [-0.2, -0.15) is 0 Å². The van der Waals surface area contributed by atoms with E-state index >= 15 is 0 Å². The van der Waals surface area contributed by atoms with Gasteiger partial charge in [-0.3, -0.25) is 9.59 Å². The first-order valence-electron chi connectivity index (χ1n) is 7.90. The normalized spacial score (nSPS) is 11.4. The van der Waals surface area contributed by atoms with Gasteiger partial charge in [-0.25, -0.2) is 0 Å². The first-order chi connectivity index (χ1) is 12.4. The van der Waals surface area contributed by atoms with Gasteiger partial charge in [-0.1, -0.05) is 29.8 Å². The van der Waals surface area contributed by atoms with Crippen LogP contribution in [0, 0.1) is 0 Å². The van der Waals surface area contributed by atoms with Crippen molar-refractivity contribution in [2.45, 2.75) is 19.4 Å². The van der Waals surface area contributed by atoms with Crippen molar-refractivity contribution in [3.8, 4) is 11.5 Å². The van der Waals surface area contributed by atoms with Crippen LogP contribution in [0.4, 0.5) is 5.69 Å². The van der Waals surface area contributed by atoms with Gasteiger partial charge in [-0.15, -0.1) is 0 Å². The molecule has 0 aliphatic heterocycles. The maximum Gasteiger partial charge on any atom is 0.311 e. The summed E-state index contributed by atoms with van der Waals surface area (Å²) < 4.78 is 15.6. The van der Waals surface area contributed by atoms with Gasteiger partial charge < -0.3 is 19.5 Å². The Labute approximate surface area is 157 Å². The molecule has 1 N–H and O–H groups in total. The average molecular weight is 378 g/mol. The van der Waals surface area contributed by atoms with Crippen molar-refractivity contribution in [3.05, 3.63) is 53.1 Å². The molecule has 1 atom stereocenters. The summed E-state index contributed by atoms with van der Waals surface area (Å²) in [5.74, 6) is 0.115. The molecule has 26 heavy (non-hydrogen) atoms. The van der Waals surface area contributed by atoms with E-state index in [9.17, 15) is 9.59 Å². The largest absolute Gasteiger partial charge is 0.497 e. The van der Waals surface area contributed by atoms with E-state index in [0.29, 0.717) is 27.8 Å². The van der Waals surface area contributed by atoms with Crippen LogP contribution < -0.4 is 14.8 Å². The van der Waals surface area contributed by atoms with Crippen molar-refractivity contribution in [1.82, 2.24) is 0 Å². The van der Waals surface area contributed by atoms with Gasteiger partial charge in [0.15, 0.2) is 6.10 Å². The number of rotatable bonds is 7. The first kappa shape index (κ1) is 19.6. The third-order valence-corrected chi connectivity index (χ3v) is 3.97. The SMILES string of the molecule is COc1ccc(CC(=O)O[C@@H](C)C(=O)Nc2ccccc2Cl)c(OC)c1. The van der Waals surface area contributed by atoms with Crippen molar-refractivity contribution in [1.29, 1.82) is 0 Å². The fraction of sp³-hybridized carbons (Fsp3) is 0.263. The molecule has 0 saturated heterocycles. The number of carbonyl (C=O) groups is 2. The molecule has 0 heterocycles. The lowest BCUT2D eigenvalue weighted by Crippen LogP contribution is -2.30. The average Bonchev–Trinajstić information content (AvgIpc) is 2.63. The van der Waals surface area contributed by atoms with Crippen molar-refractivity contribution in [2.75, 3.05) is 19.5 Å². The topological polar surface area (TPSA) is 73.9 Å². The molecule has 2 aromatic carbocycles. The molecule has 0 fully saturated rings. The number of para-hydroxylation sites is 1. The molecule has 6 nitrogen and oxygen atoms in total. The van der Waals surface area contributed by atoms with Gasteiger partial charge in [0, 0.05) is 11.6 Å². The van der Waals surface area contributed by atoms with E-state index in [1.54, 1.807) is 49.6 Å². The van der Waals surface area contributed by atoms with Gasteiger partial charge in [-0.05, 0) is 25.1 Å². The molecule has 0 unspecified atom stereocenters. The summed E-state index contributed by atoms with van der Waals surface area (Å²) in [4.78, 5) is 24.3. The van der Waals surface area contributed by atoms with Crippen LogP contribution in [0.2, 0.25) is 5.02 Å². The van der Waals surface area contributed by atoms with Gasteiger partial charge >= 0.3 is 5.97 Å². The number of nitrogens with one attached hydrogen (secondary N) is 1. The molecule has 0 aliphatic carbocycles. The van der Waals surface area contributed by atoms with Crippen molar-refractivity contribution < 1.29 is 23.8 Å². The zero-order valence-electron chi connectivity index (χ0n) is 14.7. The van der Waals surface area contributed by atoms with Crippen LogP contribution in [0.25, 0.3) is 0 Å². The number of anilines is 1. The maximum atomic E-state index is 12.2. The smallest absolute Gasteiger partial charge is 0.311 e. The third kappa shape index (κ3) is 5.13. The fourth-order valence-electron chi connectivity index (χ4n) is 2.24. The Morgan fingerprint density at radius 1 is 1.12 bits per heavy atom. The number of benzene rings is 2. The minimum absolute atomic E-state index is 0.0309. The molecule has 0 aromatic heterocycles. The zero-order chi connectivity index (χ0) is 19.1. The second-order valence-corrected chi connectivity index (χ2v) is 5.86. The van der Waals surface area contributed by atoms with E-state index < -0.39 is 18.0 Å². The van der Waals surface area contributed by atoms with E-state index in [0.717, 1.165) is 0 Å². The summed E-state index contributed by atoms with van der Waals surface area (Å²) >= 11 is 6.00. The quantitative estimate of drug-likeness (QED) is 0.748. The Morgan fingerprint density at radius 3 is 2.50 bits per heavy atom. The number of amides is 1. The summed E-state index contributed by atoms with van der Waals surface area (Å²) in [6.45, 7) is 1.50. The number of ether oxygens (including phenoxy) is 3. The molecule has 0 bridgehead atoms. The van der Waals surface area contributed by atoms with Crippen molar-refractivity contribution in [2.24, 2.45) is 0 Å². The number of esters is 1. The maximum absolute atomic E-state index is 12.2. The molecule has 138 valence electrons. The Hall–Kier alpha value is -2.73. The number of hydrogen-bond acceptors (Lipinski definition) is 5. The molecule has 2 aromatic rings. The Balaban J connectivity index is 1.96. The number of methoxy groups -OCH3 is 2. The molecule has 2 rings (SSSR count). The summed E-state index contributed by atoms with van der Waals surface area (Å²) in [6, 6.07) is 11.9. The number of hydrogen-bond donors (Lipinski definition) is 1. The Bertz CT molecular complexity index is 793. The van der Waals surface area contributed by atoms with Crippen LogP contribution in [0.5, 0.6) is 11.5 Å². The summed E-state index contributed by atoms with van der Waals surface area (Å²) in [5.41, 5.74) is 1.09. The number of halogens is 1. The van der Waals surface area contributed by atoms with E-state index in [4.69, 9.17) is 25.8 Å². The van der Waals surface area contributed by atoms with Crippen LogP contribution >= 0.6 is 11.6 Å². The molecule has 0 saturated carbocycles. The standard InChI is InChI=1S/C19H20ClNO5/c1-12(19(23)21-16-7-5-4-6-15(16)20)26-18(22)10-13-8-9-14(24-2)11-17(13)25-3/h4-9,11-12H,10H2,1-3H3,(H,21,23)/t12-/m0/s1. The molecular weight excluding hydrogens is 358 g/mol. The Morgan fingerprint density at radius 2 is 1.85 bits per heavy atom. The highest BCUT2D eigenvalue weighted by atomic mass is 35.5. The van der Waals surface area contributed by atoms with Crippen molar-refractivity contribution in [3.63, 3.8) is 0 Å². The summed E-state index contributed by atoms with van der Waals surface area (Å²) in [5, 5.41) is 3.03. The van der Waals surface area contributed by atoms with Crippen LogP contribution in [-0.4, -0.2) is 32.2 Å². The van der Waals surface area contributed by atoms with Gasteiger partial charge in [0.2, 0.25) is 0 Å². The highest BCUT2D eigenvalue weighted by Gasteiger charge is 2.20. The van der Waals surface area contributed by atoms with E-state index in [2.05, 4.69) is 5.32 Å². The van der Waals surface area contributed by atoms with Crippen LogP contribution in [0.15, 0.2) is 42.5 Å². The van der Waals surface area contributed by atoms with Crippen molar-refractivity contribution >= 4 is 29.2 Å². The summed E-state index contributed by atoms with van der Waals surface area (Å²) in [6.07, 6.45) is -1.00. The lowest BCUT2D eigenvalue weighted by Gasteiger charge is -2.15. The van der Waals surface area contributed by atoms with Crippen LogP contribution in [0.3, 0.4) is 0 Å². The van der Waals surface area contributed by atoms with E-state index in [1.807, 2.05) is 0 Å². The minimum atomic E-state index is -0.969. The first-order valence-corrected chi connectivity index (χ1v) is 8.28. The lowest BCUT2D eigenvalue weighted by atomic mass is 10.1. The predicted molar refractivity (Wildman–Crippen MR) is 98.9 cm³/mol. The highest BCUT2D eigenvalue weighted by molar-refractivity contribution is 6.33. The molecule has 0 radical (unpaired) electrons. The highest BCUT2D eigenvalue weighted by Crippen LogP contribution is 2.25. The second kappa shape index (κ2) is 9.10. The lowest BCUT2D eigenvalue weighted by molar-refractivity contribution is -0.152.